The van der Waals surface area contributed by atoms with Gasteiger partial charge in [0.25, 0.3) is 15.9 Å². The predicted octanol–water partition coefficient (Wildman–Crippen LogP) is 10.5. The van der Waals surface area contributed by atoms with Gasteiger partial charge in [0.15, 0.2) is 9.84 Å². The number of carbonyl (C=O) groups is 3. The van der Waals surface area contributed by atoms with Crippen molar-refractivity contribution >= 4 is 85.6 Å². The standard InChI is InChI=1S/C61H84ClN6O12PS3/c1-59(2,3)57(70)77-43-79-81(72,80-44-78-58(71)60(4,5)6)38-37-66-31-29-65(30-32-66)28-26-49(42-82-51-13-11-10-12-14-51)63-54-24-23-52(39-55(54)83(9,73)74)84(75,76)64-56(69)46-17-21-50(22-18-46)68-35-33-67(34-36-68)41-47-40-61(7,8)27-25-53(47)45-15-19-48(62)20-16-45/h10-24,39,49,63H,25-38,40-44H2,1-9H3,(H,64,69)/t49-/m1/s1. The van der Waals surface area contributed by atoms with Gasteiger partial charge < -0.3 is 29.5 Å². The van der Waals surface area contributed by atoms with Crippen molar-refractivity contribution in [3.8, 4) is 0 Å². The van der Waals surface area contributed by atoms with Gasteiger partial charge in [-0.3, -0.25) is 32.9 Å². The number of amides is 1. The normalized spacial score (nSPS) is 17.4. The largest absolute Gasteiger partial charge is 0.438 e. The number of piperazine rings is 2. The number of rotatable bonds is 25. The minimum absolute atomic E-state index is 0.0509. The number of nitrogens with one attached hydrogen (secondary N) is 2. The molecule has 460 valence electrons. The van der Waals surface area contributed by atoms with E-state index in [-0.39, 0.29) is 38.7 Å². The molecule has 2 fully saturated rings. The Morgan fingerprint density at radius 3 is 1.88 bits per heavy atom. The molecule has 0 aromatic heterocycles. The molecule has 1 aliphatic carbocycles. The van der Waals surface area contributed by atoms with E-state index in [1.807, 2.05) is 54.6 Å². The molecular weight excluding hydrogens is 1170 g/mol. The molecule has 2 saturated heterocycles. The highest BCUT2D eigenvalue weighted by molar-refractivity contribution is 7.99. The van der Waals surface area contributed by atoms with E-state index in [4.69, 9.17) is 30.1 Å². The van der Waals surface area contributed by atoms with Crippen molar-refractivity contribution in [1.82, 2.24) is 19.4 Å². The average Bonchev–Trinajstić information content (AvgIpc) is 3.18. The number of hydrogen-bond acceptors (Lipinski definition) is 18. The van der Waals surface area contributed by atoms with Crippen LogP contribution >= 0.6 is 31.0 Å². The Morgan fingerprint density at radius 1 is 0.738 bits per heavy atom. The Morgan fingerprint density at radius 2 is 1.31 bits per heavy atom. The first-order chi connectivity index (χ1) is 39.4. The van der Waals surface area contributed by atoms with Crippen LogP contribution in [0.1, 0.15) is 97.0 Å². The molecule has 7 rings (SSSR count). The maximum Gasteiger partial charge on any atom is 0.337 e. The van der Waals surface area contributed by atoms with Crippen LogP contribution in [-0.2, 0) is 52.5 Å². The number of halogens is 1. The molecule has 0 saturated carbocycles. The van der Waals surface area contributed by atoms with Gasteiger partial charge in [0.05, 0.1) is 32.5 Å². The summed E-state index contributed by atoms with van der Waals surface area (Å²) >= 11 is 7.83. The maximum absolute atomic E-state index is 13.9. The van der Waals surface area contributed by atoms with E-state index in [9.17, 15) is 35.8 Å². The molecule has 4 aromatic rings. The smallest absolute Gasteiger partial charge is 0.337 e. The zero-order valence-electron chi connectivity index (χ0n) is 50.0. The molecule has 18 nitrogen and oxygen atoms in total. The van der Waals surface area contributed by atoms with Crippen LogP contribution in [0.3, 0.4) is 0 Å². The number of carbonyl (C=O) groups excluding carboxylic acids is 3. The molecule has 2 heterocycles. The van der Waals surface area contributed by atoms with Gasteiger partial charge in [-0.1, -0.05) is 61.4 Å². The summed E-state index contributed by atoms with van der Waals surface area (Å²) in [5.41, 5.74) is 4.05. The minimum atomic E-state index is -4.53. The second-order valence-corrected chi connectivity index (χ2v) is 32.1. The first kappa shape index (κ1) is 66.7. The first-order valence-electron chi connectivity index (χ1n) is 28.5. The lowest BCUT2D eigenvalue weighted by molar-refractivity contribution is -0.162. The summed E-state index contributed by atoms with van der Waals surface area (Å²) in [5, 5.41) is 4.16. The van der Waals surface area contributed by atoms with Crippen LogP contribution < -0.4 is 14.9 Å². The molecule has 0 radical (unpaired) electrons. The van der Waals surface area contributed by atoms with Gasteiger partial charge in [-0.05, 0) is 151 Å². The summed E-state index contributed by atoms with van der Waals surface area (Å²) in [6.45, 7) is 21.3. The van der Waals surface area contributed by atoms with Gasteiger partial charge in [-0.15, -0.1) is 11.8 Å². The fourth-order valence-electron chi connectivity index (χ4n) is 10.0. The van der Waals surface area contributed by atoms with E-state index in [0.717, 1.165) is 79.9 Å². The lowest BCUT2D eigenvalue weighted by Crippen LogP contribution is -2.48. The van der Waals surface area contributed by atoms with E-state index >= 15 is 0 Å². The summed E-state index contributed by atoms with van der Waals surface area (Å²) in [7, 11) is -12.4. The maximum atomic E-state index is 13.9. The summed E-state index contributed by atoms with van der Waals surface area (Å²) < 4.78 is 92.2. The van der Waals surface area contributed by atoms with Crippen molar-refractivity contribution < 1.29 is 54.3 Å². The van der Waals surface area contributed by atoms with Crippen molar-refractivity contribution in [1.29, 1.82) is 0 Å². The fourth-order valence-corrected chi connectivity index (χ4v) is 14.4. The summed E-state index contributed by atoms with van der Waals surface area (Å²) in [6.07, 6.45) is 4.78. The van der Waals surface area contributed by atoms with Crippen LogP contribution in [0, 0.1) is 16.2 Å². The molecule has 0 spiro atoms. The third-order valence-electron chi connectivity index (χ3n) is 15.1. The van der Waals surface area contributed by atoms with Crippen molar-refractivity contribution in [3.63, 3.8) is 0 Å². The number of sulfonamides is 1. The van der Waals surface area contributed by atoms with E-state index in [2.05, 4.69) is 55.6 Å². The number of sulfone groups is 1. The third kappa shape index (κ3) is 19.9. The van der Waals surface area contributed by atoms with Gasteiger partial charge in [0.1, 0.15) is 0 Å². The zero-order chi connectivity index (χ0) is 61.1. The van der Waals surface area contributed by atoms with Crippen LogP contribution in [0.25, 0.3) is 5.57 Å². The second-order valence-electron chi connectivity index (χ2n) is 24.7. The number of nitrogens with zero attached hydrogens (tertiary/aromatic N) is 4. The Kier molecular flexibility index (Phi) is 22.9. The second kappa shape index (κ2) is 28.8. The van der Waals surface area contributed by atoms with E-state index in [0.29, 0.717) is 51.4 Å². The Hall–Kier alpha value is -4.80. The van der Waals surface area contributed by atoms with Crippen molar-refractivity contribution in [2.45, 2.75) is 102 Å². The fraction of sp³-hybridized carbons (Fsp3) is 0.525. The molecule has 4 aromatic carbocycles. The van der Waals surface area contributed by atoms with Crippen molar-refractivity contribution in [2.24, 2.45) is 16.2 Å². The highest BCUT2D eigenvalue weighted by Gasteiger charge is 2.33. The van der Waals surface area contributed by atoms with Gasteiger partial charge >= 0.3 is 19.5 Å². The van der Waals surface area contributed by atoms with E-state index < -0.39 is 69.7 Å². The number of esters is 2. The molecular formula is C61H84ClN6O12PS3. The monoisotopic (exact) mass is 1250 g/mol. The molecule has 0 bridgehead atoms. The van der Waals surface area contributed by atoms with Crippen LogP contribution in [0.4, 0.5) is 11.4 Å². The van der Waals surface area contributed by atoms with Crippen LogP contribution in [0.2, 0.25) is 5.02 Å². The van der Waals surface area contributed by atoms with Crippen molar-refractivity contribution in [2.75, 3.05) is 114 Å². The molecule has 2 N–H and O–H groups in total. The average molecular weight is 1260 g/mol. The summed E-state index contributed by atoms with van der Waals surface area (Å²) in [6, 6.07) is 28.4. The quantitative estimate of drug-likeness (QED) is 0.0273. The molecule has 84 heavy (non-hydrogen) atoms. The molecule has 23 heteroatoms. The van der Waals surface area contributed by atoms with Gasteiger partial charge in [-0.25, -0.2) is 21.6 Å². The highest BCUT2D eigenvalue weighted by atomic mass is 35.5. The van der Waals surface area contributed by atoms with E-state index in [1.54, 1.807) is 65.4 Å². The molecule has 1 amide bonds. The first-order valence-corrected chi connectivity index (χ1v) is 35.0. The number of anilines is 2. The number of ether oxygens (including phenoxy) is 2. The molecule has 3 aliphatic rings. The van der Waals surface area contributed by atoms with Crippen LogP contribution in [0.5, 0.6) is 0 Å². The van der Waals surface area contributed by atoms with Gasteiger partial charge in [-0.2, -0.15) is 0 Å². The van der Waals surface area contributed by atoms with E-state index in [1.165, 1.54) is 28.8 Å². The Balaban J connectivity index is 0.942. The topological polar surface area (TPSA) is 210 Å². The number of allylic oxidation sites excluding steroid dienone is 1. The predicted molar refractivity (Wildman–Crippen MR) is 333 cm³/mol. The summed E-state index contributed by atoms with van der Waals surface area (Å²) in [4.78, 5) is 47.9. The van der Waals surface area contributed by atoms with Gasteiger partial charge in [0, 0.05) is 111 Å². The minimum Gasteiger partial charge on any atom is -0.438 e. The van der Waals surface area contributed by atoms with Crippen LogP contribution in [0.15, 0.2) is 117 Å². The Labute approximate surface area is 507 Å². The lowest BCUT2D eigenvalue weighted by Gasteiger charge is -2.39. The summed E-state index contributed by atoms with van der Waals surface area (Å²) in [5.74, 6) is -1.38. The highest BCUT2D eigenvalue weighted by Crippen LogP contribution is 2.48. The third-order valence-corrected chi connectivity index (χ3v) is 20.8. The number of benzene rings is 4. The molecule has 0 unspecified atom stereocenters. The number of hydrogen-bond donors (Lipinski definition) is 2. The van der Waals surface area contributed by atoms with Gasteiger partial charge in [0.2, 0.25) is 13.6 Å². The van der Waals surface area contributed by atoms with Crippen molar-refractivity contribution in [3.05, 3.63) is 119 Å². The molecule has 2 aliphatic heterocycles. The molecule has 1 atom stereocenters. The SMILES string of the molecule is CC1(C)CCC(c2ccc(Cl)cc2)=C(CN2CCN(c3ccc(C(=O)NS(=O)(=O)c4ccc(N[C@H](CCN5CCN(CCP(=O)(OCOC(=O)C(C)(C)C)OCOC(=O)C(C)(C)C)CC5)CSc5ccccc5)c(S(C)(=O)=O)c4)cc3)CC2)C1. The lowest BCUT2D eigenvalue weighted by atomic mass is 9.73. The zero-order valence-corrected chi connectivity index (χ0v) is 54.1. The van der Waals surface area contributed by atoms with Crippen LogP contribution in [-0.4, -0.2) is 159 Å². The Bertz CT molecular complexity index is 3180. The number of thioether (sulfide) groups is 1.